The van der Waals surface area contributed by atoms with Gasteiger partial charge < -0.3 is 9.73 Å². The zero-order valence-electron chi connectivity index (χ0n) is 12.0. The molecule has 1 aromatic carbocycles. The Morgan fingerprint density at radius 1 is 1.30 bits per heavy atom. The number of benzene rings is 1. The highest BCUT2D eigenvalue weighted by molar-refractivity contribution is 6.30. The summed E-state index contributed by atoms with van der Waals surface area (Å²) in [7, 11) is 0. The van der Waals surface area contributed by atoms with Crippen LogP contribution in [0.3, 0.4) is 0 Å². The van der Waals surface area contributed by atoms with Crippen molar-refractivity contribution in [1.82, 2.24) is 5.32 Å². The molecule has 0 bridgehead atoms. The van der Waals surface area contributed by atoms with Gasteiger partial charge in [0.05, 0.1) is 11.1 Å². The van der Waals surface area contributed by atoms with Crippen LogP contribution in [0.2, 0.25) is 5.02 Å². The number of rotatable bonds is 5. The van der Waals surface area contributed by atoms with Crippen molar-refractivity contribution in [2.24, 2.45) is 0 Å². The van der Waals surface area contributed by atoms with Gasteiger partial charge in [-0.3, -0.25) is 0 Å². The Kier molecular flexibility index (Phi) is 4.84. The molecule has 0 aliphatic rings. The zero-order valence-corrected chi connectivity index (χ0v) is 12.7. The minimum absolute atomic E-state index is 0.0841. The second kappa shape index (κ2) is 6.42. The molecular formula is C16H19ClFNO. The van der Waals surface area contributed by atoms with Crippen LogP contribution in [-0.4, -0.2) is 6.54 Å². The molecular weight excluding hydrogens is 277 g/mol. The van der Waals surface area contributed by atoms with Crippen LogP contribution in [0.25, 0.3) is 0 Å². The minimum atomic E-state index is -0.398. The van der Waals surface area contributed by atoms with Gasteiger partial charge in [0, 0.05) is 5.56 Å². The van der Waals surface area contributed by atoms with Gasteiger partial charge in [-0.15, -0.1) is 0 Å². The van der Waals surface area contributed by atoms with E-state index in [-0.39, 0.29) is 11.1 Å². The molecule has 1 heterocycles. The lowest BCUT2D eigenvalue weighted by Gasteiger charge is -2.19. The number of furan rings is 1. The molecule has 4 heteroatoms. The van der Waals surface area contributed by atoms with Crippen molar-refractivity contribution in [3.8, 4) is 0 Å². The molecule has 0 radical (unpaired) electrons. The Balaban J connectivity index is 2.41. The summed E-state index contributed by atoms with van der Waals surface area (Å²) >= 11 is 5.76. The van der Waals surface area contributed by atoms with E-state index in [1.165, 1.54) is 6.07 Å². The Hall–Kier alpha value is -1.32. The lowest BCUT2D eigenvalue weighted by atomic mass is 9.98. The number of hydrogen-bond donors (Lipinski definition) is 1. The van der Waals surface area contributed by atoms with Gasteiger partial charge in [0.1, 0.15) is 17.3 Å². The summed E-state index contributed by atoms with van der Waals surface area (Å²) in [5.41, 5.74) is 1.89. The van der Waals surface area contributed by atoms with E-state index in [1.54, 1.807) is 6.07 Å². The van der Waals surface area contributed by atoms with E-state index in [4.69, 9.17) is 16.0 Å². The average molecular weight is 296 g/mol. The fourth-order valence-electron chi connectivity index (χ4n) is 2.33. The molecule has 1 atom stereocenters. The maximum absolute atomic E-state index is 13.7. The quantitative estimate of drug-likeness (QED) is 0.859. The monoisotopic (exact) mass is 295 g/mol. The average Bonchev–Trinajstić information content (AvgIpc) is 2.73. The van der Waals surface area contributed by atoms with E-state index in [0.29, 0.717) is 0 Å². The summed E-state index contributed by atoms with van der Waals surface area (Å²) in [5, 5.41) is 3.57. The fraction of sp³-hybridized carbons (Fsp3) is 0.375. The first-order valence-electron chi connectivity index (χ1n) is 6.78. The van der Waals surface area contributed by atoms with E-state index in [2.05, 4.69) is 12.2 Å². The summed E-state index contributed by atoms with van der Waals surface area (Å²) in [6.07, 6.45) is 1.00. The molecule has 1 unspecified atom stereocenters. The predicted molar refractivity (Wildman–Crippen MR) is 79.7 cm³/mol. The van der Waals surface area contributed by atoms with Gasteiger partial charge in [-0.2, -0.15) is 0 Å². The summed E-state index contributed by atoms with van der Waals surface area (Å²) in [6, 6.07) is 6.83. The summed E-state index contributed by atoms with van der Waals surface area (Å²) in [6.45, 7) is 6.78. The normalized spacial score (nSPS) is 12.7. The largest absolute Gasteiger partial charge is 0.466 e. The van der Waals surface area contributed by atoms with Crippen LogP contribution in [0.5, 0.6) is 0 Å². The van der Waals surface area contributed by atoms with Crippen molar-refractivity contribution < 1.29 is 8.81 Å². The second-order valence-corrected chi connectivity index (χ2v) is 5.34. The van der Waals surface area contributed by atoms with Gasteiger partial charge in [-0.25, -0.2) is 4.39 Å². The minimum Gasteiger partial charge on any atom is -0.466 e. The first-order valence-corrected chi connectivity index (χ1v) is 7.16. The Bertz CT molecular complexity index is 594. The maximum Gasteiger partial charge on any atom is 0.142 e. The highest BCUT2D eigenvalue weighted by Gasteiger charge is 2.19. The molecule has 108 valence electrons. The lowest BCUT2D eigenvalue weighted by molar-refractivity contribution is 0.493. The molecule has 0 aliphatic heterocycles. The molecule has 0 spiro atoms. The van der Waals surface area contributed by atoms with Crippen molar-refractivity contribution in [1.29, 1.82) is 0 Å². The summed E-state index contributed by atoms with van der Waals surface area (Å²) < 4.78 is 19.3. The van der Waals surface area contributed by atoms with Crippen LogP contribution in [0, 0.1) is 19.7 Å². The van der Waals surface area contributed by atoms with Gasteiger partial charge in [-0.1, -0.05) is 24.6 Å². The van der Waals surface area contributed by atoms with Gasteiger partial charge in [0.25, 0.3) is 0 Å². The van der Waals surface area contributed by atoms with Crippen LogP contribution in [0.1, 0.15) is 42.0 Å². The van der Waals surface area contributed by atoms with Gasteiger partial charge in [0.2, 0.25) is 0 Å². The predicted octanol–water partition coefficient (Wildman–Crippen LogP) is 4.78. The molecule has 0 saturated carbocycles. The van der Waals surface area contributed by atoms with Crippen LogP contribution in [0.4, 0.5) is 4.39 Å². The van der Waals surface area contributed by atoms with Crippen molar-refractivity contribution >= 4 is 11.6 Å². The van der Waals surface area contributed by atoms with Gasteiger partial charge in [0.15, 0.2) is 0 Å². The third-order valence-corrected chi connectivity index (χ3v) is 3.57. The number of halogens is 2. The smallest absolute Gasteiger partial charge is 0.142 e. The summed E-state index contributed by atoms with van der Waals surface area (Å²) in [5.74, 6) is 1.31. The molecule has 1 aromatic heterocycles. The first-order chi connectivity index (χ1) is 9.52. The molecule has 0 saturated heterocycles. The van der Waals surface area contributed by atoms with Crippen molar-refractivity contribution in [3.63, 3.8) is 0 Å². The standard InChI is InChI=1S/C16H19ClFNO/c1-4-7-19-16(13-8-10(2)20-11(13)3)12-5-6-14(17)15(18)9-12/h5-6,8-9,16,19H,4,7H2,1-3H3. The van der Waals surface area contributed by atoms with E-state index in [1.807, 2.05) is 26.0 Å². The highest BCUT2D eigenvalue weighted by atomic mass is 35.5. The number of hydrogen-bond acceptors (Lipinski definition) is 2. The Labute approximate surface area is 123 Å². The van der Waals surface area contributed by atoms with Crippen molar-refractivity contribution in [2.45, 2.75) is 33.2 Å². The van der Waals surface area contributed by atoms with E-state index in [9.17, 15) is 4.39 Å². The van der Waals surface area contributed by atoms with Crippen LogP contribution in [-0.2, 0) is 0 Å². The maximum atomic E-state index is 13.7. The van der Waals surface area contributed by atoms with E-state index in [0.717, 1.165) is 35.6 Å². The van der Waals surface area contributed by atoms with E-state index < -0.39 is 5.82 Å². The molecule has 2 rings (SSSR count). The number of aryl methyl sites for hydroxylation is 2. The van der Waals surface area contributed by atoms with Crippen LogP contribution in [0.15, 0.2) is 28.7 Å². The summed E-state index contributed by atoms with van der Waals surface area (Å²) in [4.78, 5) is 0. The highest BCUT2D eigenvalue weighted by Crippen LogP contribution is 2.29. The molecule has 0 amide bonds. The van der Waals surface area contributed by atoms with Crippen LogP contribution < -0.4 is 5.32 Å². The molecule has 2 nitrogen and oxygen atoms in total. The first kappa shape index (κ1) is 15.1. The second-order valence-electron chi connectivity index (χ2n) is 4.93. The third kappa shape index (κ3) is 3.22. The van der Waals surface area contributed by atoms with Crippen molar-refractivity contribution in [3.05, 3.63) is 57.8 Å². The lowest BCUT2D eigenvalue weighted by Crippen LogP contribution is -2.23. The Morgan fingerprint density at radius 3 is 2.60 bits per heavy atom. The molecule has 0 aliphatic carbocycles. The topological polar surface area (TPSA) is 25.2 Å². The van der Waals surface area contributed by atoms with Crippen molar-refractivity contribution in [2.75, 3.05) is 6.54 Å². The number of nitrogens with one attached hydrogen (secondary N) is 1. The zero-order chi connectivity index (χ0) is 14.7. The Morgan fingerprint density at radius 2 is 2.05 bits per heavy atom. The van der Waals surface area contributed by atoms with E-state index >= 15 is 0 Å². The van der Waals surface area contributed by atoms with Gasteiger partial charge in [-0.05, 0) is 50.6 Å². The molecule has 0 fully saturated rings. The fourth-order valence-corrected chi connectivity index (χ4v) is 2.44. The SMILES string of the molecule is CCCNC(c1ccc(Cl)c(F)c1)c1cc(C)oc1C. The molecule has 2 aromatic rings. The third-order valence-electron chi connectivity index (χ3n) is 3.27. The molecule has 1 N–H and O–H groups in total. The molecule has 20 heavy (non-hydrogen) atoms. The van der Waals surface area contributed by atoms with Gasteiger partial charge >= 0.3 is 0 Å². The van der Waals surface area contributed by atoms with Crippen LogP contribution >= 0.6 is 11.6 Å².